The average molecular weight is 391 g/mol. The van der Waals surface area contributed by atoms with Gasteiger partial charge in [-0.25, -0.2) is 13.5 Å². The van der Waals surface area contributed by atoms with Crippen LogP contribution in [0, 0.1) is 6.92 Å². The number of aromatic nitrogens is 2. The van der Waals surface area contributed by atoms with E-state index in [9.17, 15) is 13.2 Å². The Hall–Kier alpha value is -1.75. The Morgan fingerprint density at radius 2 is 2.12 bits per heavy atom. The molecule has 0 aliphatic carbocycles. The smallest absolute Gasteiger partial charge is 0.264 e. The van der Waals surface area contributed by atoms with Crippen LogP contribution in [0.1, 0.15) is 10.6 Å². The third kappa shape index (κ3) is 4.20. The van der Waals surface area contributed by atoms with E-state index < -0.39 is 10.0 Å². The number of nitrogens with one attached hydrogen (secondary N) is 1. The third-order valence-electron chi connectivity index (χ3n) is 3.12. The van der Waals surface area contributed by atoms with Crippen LogP contribution >= 0.6 is 22.9 Å². The molecule has 0 spiro atoms. The van der Waals surface area contributed by atoms with Gasteiger partial charge in [0.15, 0.2) is 0 Å². The Kier molecular flexibility index (Phi) is 5.75. The number of benzene rings is 1. The van der Waals surface area contributed by atoms with Crippen LogP contribution in [0.4, 0.5) is 5.13 Å². The second-order valence-electron chi connectivity index (χ2n) is 4.72. The van der Waals surface area contributed by atoms with E-state index in [4.69, 9.17) is 16.4 Å². The minimum Gasteiger partial charge on any atom is -0.275 e. The van der Waals surface area contributed by atoms with Crippen molar-refractivity contribution in [1.29, 1.82) is 0 Å². The summed E-state index contributed by atoms with van der Waals surface area (Å²) in [4.78, 5) is 16.6. The normalized spacial score (nSPS) is 11.3. The van der Waals surface area contributed by atoms with E-state index in [0.717, 1.165) is 16.4 Å². The van der Waals surface area contributed by atoms with Gasteiger partial charge in [-0.2, -0.15) is 0 Å². The summed E-state index contributed by atoms with van der Waals surface area (Å²) in [5.41, 5.74) is 0.438. The van der Waals surface area contributed by atoms with Gasteiger partial charge in [0.1, 0.15) is 5.01 Å². The maximum absolute atomic E-state index is 12.4. The highest BCUT2D eigenvalue weighted by atomic mass is 35.5. The lowest BCUT2D eigenvalue weighted by atomic mass is 10.2. The zero-order valence-electron chi connectivity index (χ0n) is 13.1. The fourth-order valence-corrected chi connectivity index (χ4v) is 4.22. The Morgan fingerprint density at radius 1 is 1.42 bits per heavy atom. The molecular weight excluding hydrogens is 376 g/mol. The van der Waals surface area contributed by atoms with Crippen LogP contribution in [0.5, 0.6) is 0 Å². The van der Waals surface area contributed by atoms with E-state index in [0.29, 0.717) is 15.6 Å². The molecule has 2 rings (SSSR count). The number of likely N-dealkylation sites (N-methyl/N-ethyl adjacent to an activating group) is 1. The van der Waals surface area contributed by atoms with Crippen molar-refractivity contribution in [2.45, 2.75) is 18.2 Å². The summed E-state index contributed by atoms with van der Waals surface area (Å²) < 4.78 is 27.2. The minimum atomic E-state index is -3.85. The third-order valence-corrected chi connectivity index (χ3v) is 5.98. The van der Waals surface area contributed by atoms with Crippen LogP contribution in [0.3, 0.4) is 0 Å². The molecule has 0 aliphatic heterocycles. The molecule has 1 aromatic carbocycles. The van der Waals surface area contributed by atoms with Crippen LogP contribution in [-0.4, -0.2) is 43.7 Å². The van der Waals surface area contributed by atoms with Gasteiger partial charge in [0.2, 0.25) is 5.13 Å². The van der Waals surface area contributed by atoms with Crippen molar-refractivity contribution in [3.63, 3.8) is 0 Å². The minimum absolute atomic E-state index is 0.0417. The van der Waals surface area contributed by atoms with Gasteiger partial charge in [-0.15, -0.1) is 10.2 Å². The van der Waals surface area contributed by atoms with Crippen LogP contribution in [0.2, 0.25) is 5.02 Å². The van der Waals surface area contributed by atoms with Crippen LogP contribution < -0.4 is 4.72 Å². The van der Waals surface area contributed by atoms with Crippen LogP contribution in [0.25, 0.3) is 0 Å². The number of sulfonamides is 1. The van der Waals surface area contributed by atoms with Crippen LogP contribution in [0.15, 0.2) is 23.1 Å². The summed E-state index contributed by atoms with van der Waals surface area (Å²) in [5.74, 6) is -0.325. The summed E-state index contributed by atoms with van der Waals surface area (Å²) in [6.45, 7) is 1.61. The molecule has 1 heterocycles. The van der Waals surface area contributed by atoms with E-state index in [1.165, 1.54) is 20.2 Å². The number of hydroxylamine groups is 2. The van der Waals surface area contributed by atoms with E-state index >= 15 is 0 Å². The van der Waals surface area contributed by atoms with Crippen molar-refractivity contribution in [2.75, 3.05) is 18.9 Å². The van der Waals surface area contributed by atoms with Gasteiger partial charge in [0, 0.05) is 12.1 Å². The number of amides is 1. The molecule has 0 radical (unpaired) electrons. The number of halogens is 1. The van der Waals surface area contributed by atoms with Gasteiger partial charge in [0.05, 0.1) is 18.4 Å². The molecule has 130 valence electrons. The number of hydrogen-bond donors (Lipinski definition) is 1. The van der Waals surface area contributed by atoms with Crippen molar-refractivity contribution in [1.82, 2.24) is 15.3 Å². The number of carbonyl (C=O) groups is 1. The molecule has 1 N–H and O–H groups in total. The first-order valence-electron chi connectivity index (χ1n) is 6.65. The fourth-order valence-electron chi connectivity index (χ4n) is 1.76. The molecule has 0 aliphatic rings. The number of rotatable bonds is 6. The maximum Gasteiger partial charge on any atom is 0.264 e. The molecule has 1 amide bonds. The number of carbonyl (C=O) groups excluding carboxylic acids is 1. The Balaban J connectivity index is 2.17. The largest absolute Gasteiger partial charge is 0.275 e. The molecular formula is C13H15ClN4O4S2. The number of hydrogen-bond acceptors (Lipinski definition) is 7. The highest BCUT2D eigenvalue weighted by Crippen LogP contribution is 2.26. The molecule has 0 saturated heterocycles. The zero-order chi connectivity index (χ0) is 17.9. The molecule has 1 aromatic heterocycles. The quantitative estimate of drug-likeness (QED) is 0.755. The van der Waals surface area contributed by atoms with Gasteiger partial charge in [0.25, 0.3) is 15.9 Å². The van der Waals surface area contributed by atoms with Gasteiger partial charge >= 0.3 is 0 Å². The molecule has 0 fully saturated rings. The molecule has 0 bridgehead atoms. The second-order valence-corrected chi connectivity index (χ2v) is 7.84. The first-order valence-corrected chi connectivity index (χ1v) is 9.33. The molecule has 8 nitrogen and oxygen atoms in total. The molecule has 24 heavy (non-hydrogen) atoms. The van der Waals surface area contributed by atoms with E-state index in [1.54, 1.807) is 19.1 Å². The van der Waals surface area contributed by atoms with Crippen molar-refractivity contribution >= 4 is 44.0 Å². The molecule has 11 heteroatoms. The van der Waals surface area contributed by atoms with Crippen LogP contribution in [-0.2, 0) is 26.1 Å². The lowest BCUT2D eigenvalue weighted by Crippen LogP contribution is -2.26. The first kappa shape index (κ1) is 18.6. The molecule has 0 saturated carbocycles. The van der Waals surface area contributed by atoms with Gasteiger partial charge in [-0.3, -0.25) is 14.4 Å². The number of nitrogens with zero attached hydrogens (tertiary/aromatic N) is 3. The topological polar surface area (TPSA) is 101 Å². The first-order chi connectivity index (χ1) is 11.2. The summed E-state index contributed by atoms with van der Waals surface area (Å²) in [6, 6.07) is 4.61. The lowest BCUT2D eigenvalue weighted by molar-refractivity contribution is -0.167. The standard InChI is InChI=1S/C13H15ClN4O4S2/c1-8-9(14)5-4-6-10(8)24(20,21)17-13-16-15-11(23-13)7-12(19)18(2)22-3/h4-6H,7H2,1-3H3,(H,16,17). The zero-order valence-corrected chi connectivity index (χ0v) is 15.5. The maximum atomic E-state index is 12.4. The van der Waals surface area contributed by atoms with E-state index in [2.05, 4.69) is 14.9 Å². The lowest BCUT2D eigenvalue weighted by Gasteiger charge is -2.11. The highest BCUT2D eigenvalue weighted by Gasteiger charge is 2.21. The molecule has 0 unspecified atom stereocenters. The monoisotopic (exact) mass is 390 g/mol. The van der Waals surface area contributed by atoms with Crippen molar-refractivity contribution in [3.05, 3.63) is 33.8 Å². The summed E-state index contributed by atoms with van der Waals surface area (Å²) in [7, 11) is -1.02. The summed E-state index contributed by atoms with van der Waals surface area (Å²) in [6.07, 6.45) is -0.0417. The predicted molar refractivity (Wildman–Crippen MR) is 90.4 cm³/mol. The number of anilines is 1. The average Bonchev–Trinajstić information content (AvgIpc) is 2.95. The Labute approximate surface area is 148 Å². The Bertz CT molecular complexity index is 853. The second kappa shape index (κ2) is 7.43. The van der Waals surface area contributed by atoms with Crippen molar-refractivity contribution < 1.29 is 18.0 Å². The van der Waals surface area contributed by atoms with Crippen molar-refractivity contribution in [3.8, 4) is 0 Å². The SMILES string of the molecule is CON(C)C(=O)Cc1nnc(NS(=O)(=O)c2cccc(Cl)c2C)s1. The predicted octanol–water partition coefficient (Wildman–Crippen LogP) is 1.86. The fraction of sp³-hybridized carbons (Fsp3) is 0.308. The molecule has 0 atom stereocenters. The van der Waals surface area contributed by atoms with Gasteiger partial charge < -0.3 is 0 Å². The van der Waals surface area contributed by atoms with E-state index in [-0.39, 0.29) is 22.4 Å². The summed E-state index contributed by atoms with van der Waals surface area (Å²) in [5, 5.41) is 9.39. The summed E-state index contributed by atoms with van der Waals surface area (Å²) >= 11 is 6.93. The van der Waals surface area contributed by atoms with Crippen molar-refractivity contribution in [2.24, 2.45) is 0 Å². The molecule has 2 aromatic rings. The van der Waals surface area contributed by atoms with E-state index in [1.807, 2.05) is 0 Å². The van der Waals surface area contributed by atoms with Gasteiger partial charge in [-0.05, 0) is 24.6 Å². The Morgan fingerprint density at radius 3 is 2.79 bits per heavy atom. The highest BCUT2D eigenvalue weighted by molar-refractivity contribution is 7.93. The van der Waals surface area contributed by atoms with Gasteiger partial charge in [-0.1, -0.05) is 29.0 Å².